The Bertz CT molecular complexity index is 108. The molecule has 0 aromatic heterocycles. The molecule has 0 aliphatic rings. The fraction of sp³-hybridized carbons (Fsp3) is 0.889. The van der Waals surface area contributed by atoms with Crippen LogP contribution in [-0.4, -0.2) is 19.0 Å². The largest absolute Gasteiger partial charge is 0.381 e. The Hall–Kier alpha value is -0.370. The summed E-state index contributed by atoms with van der Waals surface area (Å²) in [5.41, 5.74) is 0. The van der Waals surface area contributed by atoms with E-state index in [1.165, 1.54) is 0 Å². The Balaban J connectivity index is 2.97. The summed E-state index contributed by atoms with van der Waals surface area (Å²) >= 11 is 0. The molecule has 66 valence electrons. The molecule has 0 heterocycles. The van der Waals surface area contributed by atoms with Gasteiger partial charge in [0, 0.05) is 13.0 Å². The van der Waals surface area contributed by atoms with Gasteiger partial charge in [0.1, 0.15) is 5.78 Å². The van der Waals surface area contributed by atoms with Crippen LogP contribution < -0.4 is 0 Å². The van der Waals surface area contributed by atoms with Crippen LogP contribution in [0.5, 0.6) is 0 Å². The zero-order chi connectivity index (χ0) is 8.69. The van der Waals surface area contributed by atoms with E-state index in [-0.39, 0.29) is 5.78 Å². The topological polar surface area (TPSA) is 26.3 Å². The molecule has 11 heavy (non-hydrogen) atoms. The highest BCUT2D eigenvalue weighted by Gasteiger charge is 1.95. The van der Waals surface area contributed by atoms with E-state index in [1.54, 1.807) is 6.92 Å². The van der Waals surface area contributed by atoms with Crippen LogP contribution in [0.1, 0.15) is 33.6 Å². The molecule has 0 radical (unpaired) electrons. The molecule has 0 saturated carbocycles. The second-order valence-electron chi connectivity index (χ2n) is 3.25. The average Bonchev–Trinajstić information content (AvgIpc) is 1.85. The molecular formula is C9H18O2. The van der Waals surface area contributed by atoms with Crippen molar-refractivity contribution in [3.63, 3.8) is 0 Å². The quantitative estimate of drug-likeness (QED) is 0.553. The first kappa shape index (κ1) is 10.6. The molecule has 0 spiro atoms. The van der Waals surface area contributed by atoms with E-state index < -0.39 is 0 Å². The summed E-state index contributed by atoms with van der Waals surface area (Å²) in [5.74, 6) is 0.891. The van der Waals surface area contributed by atoms with Crippen LogP contribution in [0.3, 0.4) is 0 Å². The Labute approximate surface area is 68.9 Å². The van der Waals surface area contributed by atoms with E-state index in [2.05, 4.69) is 13.8 Å². The molecule has 0 N–H and O–H groups in total. The number of ketones is 1. The van der Waals surface area contributed by atoms with E-state index in [9.17, 15) is 4.79 Å². The molecule has 0 fully saturated rings. The molecule has 2 nitrogen and oxygen atoms in total. The third kappa shape index (κ3) is 9.63. The van der Waals surface area contributed by atoms with Crippen LogP contribution in [0.25, 0.3) is 0 Å². The zero-order valence-electron chi connectivity index (χ0n) is 7.72. The van der Waals surface area contributed by atoms with Gasteiger partial charge < -0.3 is 4.74 Å². The number of hydrogen-bond donors (Lipinski definition) is 0. The van der Waals surface area contributed by atoms with E-state index in [4.69, 9.17) is 4.74 Å². The lowest BCUT2D eigenvalue weighted by atomic mass is 10.1. The minimum atomic E-state index is 0.203. The van der Waals surface area contributed by atoms with Crippen LogP contribution in [0, 0.1) is 5.92 Å². The third-order valence-electron chi connectivity index (χ3n) is 1.44. The minimum Gasteiger partial charge on any atom is -0.381 e. The summed E-state index contributed by atoms with van der Waals surface area (Å²) in [7, 11) is 0. The number of carbonyl (C=O) groups excluding carboxylic acids is 1. The summed E-state index contributed by atoms with van der Waals surface area (Å²) < 4.78 is 5.23. The Morgan fingerprint density at radius 1 is 1.36 bits per heavy atom. The van der Waals surface area contributed by atoms with Gasteiger partial charge in [-0.1, -0.05) is 13.8 Å². The summed E-state index contributed by atoms with van der Waals surface area (Å²) in [6, 6.07) is 0. The first-order valence-corrected chi connectivity index (χ1v) is 4.20. The van der Waals surface area contributed by atoms with Gasteiger partial charge in [-0.3, -0.25) is 4.79 Å². The molecule has 0 atom stereocenters. The van der Waals surface area contributed by atoms with Crippen LogP contribution in [-0.2, 0) is 9.53 Å². The molecule has 0 rings (SSSR count). The lowest BCUT2D eigenvalue weighted by Crippen LogP contribution is -2.03. The number of Topliss-reactive ketones (excluding diaryl/α,β-unsaturated/α-hetero) is 1. The van der Waals surface area contributed by atoms with Gasteiger partial charge in [-0.05, 0) is 19.3 Å². The van der Waals surface area contributed by atoms with E-state index in [0.29, 0.717) is 18.9 Å². The summed E-state index contributed by atoms with van der Waals surface area (Å²) in [5, 5.41) is 0. The van der Waals surface area contributed by atoms with Crippen molar-refractivity contribution in [1.82, 2.24) is 0 Å². The molecule has 0 bridgehead atoms. The Kier molecular flexibility index (Phi) is 6.13. The average molecular weight is 158 g/mol. The van der Waals surface area contributed by atoms with Crippen molar-refractivity contribution >= 4 is 5.78 Å². The van der Waals surface area contributed by atoms with Crippen molar-refractivity contribution in [2.75, 3.05) is 13.2 Å². The van der Waals surface area contributed by atoms with Gasteiger partial charge in [0.2, 0.25) is 0 Å². The fourth-order valence-electron chi connectivity index (χ4n) is 0.637. The van der Waals surface area contributed by atoms with Crippen molar-refractivity contribution < 1.29 is 9.53 Å². The Morgan fingerprint density at radius 3 is 2.45 bits per heavy atom. The van der Waals surface area contributed by atoms with Crippen molar-refractivity contribution in [2.24, 2.45) is 5.92 Å². The van der Waals surface area contributed by atoms with Crippen LogP contribution in [0.4, 0.5) is 0 Å². The van der Waals surface area contributed by atoms with Gasteiger partial charge in [-0.2, -0.15) is 0 Å². The van der Waals surface area contributed by atoms with Crippen molar-refractivity contribution in [2.45, 2.75) is 33.6 Å². The third-order valence-corrected chi connectivity index (χ3v) is 1.44. The van der Waals surface area contributed by atoms with E-state index in [1.807, 2.05) is 0 Å². The number of carbonyl (C=O) groups is 1. The molecule has 0 saturated heterocycles. The fourth-order valence-corrected chi connectivity index (χ4v) is 0.637. The maximum atomic E-state index is 10.5. The monoisotopic (exact) mass is 158 g/mol. The van der Waals surface area contributed by atoms with Crippen molar-refractivity contribution in [3.8, 4) is 0 Å². The highest BCUT2D eigenvalue weighted by atomic mass is 16.5. The number of rotatable bonds is 6. The summed E-state index contributed by atoms with van der Waals surface area (Å²) in [6.45, 7) is 7.28. The maximum absolute atomic E-state index is 10.5. The van der Waals surface area contributed by atoms with Crippen molar-refractivity contribution in [3.05, 3.63) is 0 Å². The molecule has 0 amide bonds. The maximum Gasteiger partial charge on any atom is 0.132 e. The minimum absolute atomic E-state index is 0.203. The van der Waals surface area contributed by atoms with Gasteiger partial charge in [0.25, 0.3) is 0 Å². The smallest absolute Gasteiger partial charge is 0.132 e. The lowest BCUT2D eigenvalue weighted by molar-refractivity contribution is -0.118. The van der Waals surface area contributed by atoms with E-state index >= 15 is 0 Å². The molecule has 2 heteroatoms. The molecule has 0 aliphatic heterocycles. The van der Waals surface area contributed by atoms with Crippen molar-refractivity contribution in [1.29, 1.82) is 0 Å². The second-order valence-corrected chi connectivity index (χ2v) is 3.25. The Morgan fingerprint density at radius 2 is 2.00 bits per heavy atom. The highest BCUT2D eigenvalue weighted by Crippen LogP contribution is 1.98. The summed E-state index contributed by atoms with van der Waals surface area (Å²) in [6.07, 6.45) is 1.63. The van der Waals surface area contributed by atoms with Gasteiger partial charge in [0.15, 0.2) is 0 Å². The normalized spacial score (nSPS) is 10.5. The molecular weight excluding hydrogens is 140 g/mol. The standard InChI is InChI=1S/C9H18O2/c1-8(2)4-6-11-7-5-9(3)10/h8H,4-7H2,1-3H3. The predicted octanol–water partition coefficient (Wildman–Crippen LogP) is 2.03. The van der Waals surface area contributed by atoms with Crippen LogP contribution in [0.2, 0.25) is 0 Å². The molecule has 0 aliphatic carbocycles. The van der Waals surface area contributed by atoms with Crippen LogP contribution >= 0.6 is 0 Å². The summed E-state index contributed by atoms with van der Waals surface area (Å²) in [4.78, 5) is 10.5. The van der Waals surface area contributed by atoms with Gasteiger partial charge in [-0.25, -0.2) is 0 Å². The first-order chi connectivity index (χ1) is 5.13. The van der Waals surface area contributed by atoms with Gasteiger partial charge >= 0.3 is 0 Å². The van der Waals surface area contributed by atoms with Crippen LogP contribution in [0.15, 0.2) is 0 Å². The van der Waals surface area contributed by atoms with E-state index in [0.717, 1.165) is 13.0 Å². The van der Waals surface area contributed by atoms with Gasteiger partial charge in [0.05, 0.1) is 6.61 Å². The predicted molar refractivity (Wildman–Crippen MR) is 45.6 cm³/mol. The molecule has 0 unspecified atom stereocenters. The second kappa shape index (κ2) is 6.35. The SMILES string of the molecule is CC(=O)CCOCCC(C)C. The highest BCUT2D eigenvalue weighted by molar-refractivity contribution is 5.75. The lowest BCUT2D eigenvalue weighted by Gasteiger charge is -2.04. The molecule has 0 aromatic carbocycles. The molecule has 0 aromatic rings. The number of hydrogen-bond acceptors (Lipinski definition) is 2. The number of ether oxygens (including phenoxy) is 1. The first-order valence-electron chi connectivity index (χ1n) is 4.20. The zero-order valence-corrected chi connectivity index (χ0v) is 7.72. The van der Waals surface area contributed by atoms with Gasteiger partial charge in [-0.15, -0.1) is 0 Å².